The molecule has 0 bridgehead atoms. The van der Waals surface area contributed by atoms with Crippen molar-refractivity contribution in [3.05, 3.63) is 52.2 Å². The molecule has 3 aromatic rings. The van der Waals surface area contributed by atoms with Gasteiger partial charge in [0.2, 0.25) is 11.7 Å². The number of aromatic nitrogens is 4. The van der Waals surface area contributed by atoms with Crippen molar-refractivity contribution in [1.82, 2.24) is 20.2 Å². The van der Waals surface area contributed by atoms with Crippen LogP contribution in [0.3, 0.4) is 0 Å². The highest BCUT2D eigenvalue weighted by atomic mass is 32.1. The number of ketones is 1. The van der Waals surface area contributed by atoms with Gasteiger partial charge in [-0.3, -0.25) is 9.59 Å². The highest BCUT2D eigenvalue weighted by Gasteiger charge is 2.12. The number of hydrogen-bond donors (Lipinski definition) is 1. The van der Waals surface area contributed by atoms with E-state index in [-0.39, 0.29) is 12.3 Å². The summed E-state index contributed by atoms with van der Waals surface area (Å²) in [7, 11) is 0. The lowest BCUT2D eigenvalue weighted by Gasteiger charge is -1.97. The average molecular weight is 313 g/mol. The van der Waals surface area contributed by atoms with Crippen molar-refractivity contribution >= 4 is 23.0 Å². The molecule has 0 unspecified atom stereocenters. The second-order valence-corrected chi connectivity index (χ2v) is 5.43. The zero-order valence-electron chi connectivity index (χ0n) is 11.3. The molecule has 2 N–H and O–H groups in total. The van der Waals surface area contributed by atoms with E-state index in [9.17, 15) is 9.59 Å². The Hall–Kier alpha value is -2.87. The van der Waals surface area contributed by atoms with E-state index in [2.05, 4.69) is 15.4 Å². The van der Waals surface area contributed by atoms with Crippen LogP contribution >= 0.6 is 11.3 Å². The highest BCUT2D eigenvalue weighted by molar-refractivity contribution is 7.12. The number of Topliss-reactive ketones (excluding diaryl/α,β-unsaturated/α-hetero) is 1. The quantitative estimate of drug-likeness (QED) is 0.717. The Labute approximate surface area is 129 Å². The Kier molecular flexibility index (Phi) is 3.75. The van der Waals surface area contributed by atoms with Gasteiger partial charge in [-0.15, -0.1) is 21.5 Å². The molecule has 2 aromatic heterocycles. The lowest BCUT2D eigenvalue weighted by Crippen LogP contribution is -2.12. The molecule has 0 saturated carbocycles. The van der Waals surface area contributed by atoms with Crippen LogP contribution in [0.25, 0.3) is 11.4 Å². The van der Waals surface area contributed by atoms with E-state index in [1.165, 1.54) is 16.1 Å². The first-order valence-corrected chi connectivity index (χ1v) is 7.26. The molecule has 0 saturated heterocycles. The number of amides is 1. The molecular formula is C14H11N5O2S. The molecule has 0 aliphatic carbocycles. The maximum Gasteiger partial charge on any atom is 0.248 e. The van der Waals surface area contributed by atoms with E-state index >= 15 is 0 Å². The third-order valence-electron chi connectivity index (χ3n) is 2.96. The van der Waals surface area contributed by atoms with Gasteiger partial charge in [0.25, 0.3) is 0 Å². The van der Waals surface area contributed by atoms with Crippen LogP contribution in [0.5, 0.6) is 0 Å². The fourth-order valence-corrected chi connectivity index (χ4v) is 2.51. The predicted molar refractivity (Wildman–Crippen MR) is 80.4 cm³/mol. The summed E-state index contributed by atoms with van der Waals surface area (Å²) in [6.45, 7) is 0.0346. The largest absolute Gasteiger partial charge is 0.366 e. The van der Waals surface area contributed by atoms with E-state index in [1.807, 2.05) is 11.4 Å². The standard InChI is InChI=1S/C14H11N5O2S/c15-13(21)9-3-5-10(6-4-9)14-16-18-19(17-14)8-11(20)12-2-1-7-22-12/h1-7H,8H2,(H2,15,21). The number of carbonyl (C=O) groups is 2. The molecule has 1 amide bonds. The van der Waals surface area contributed by atoms with Gasteiger partial charge in [-0.05, 0) is 28.8 Å². The van der Waals surface area contributed by atoms with Gasteiger partial charge < -0.3 is 5.73 Å². The number of nitrogens with two attached hydrogens (primary N) is 1. The van der Waals surface area contributed by atoms with Crippen molar-refractivity contribution in [3.63, 3.8) is 0 Å². The van der Waals surface area contributed by atoms with Crippen molar-refractivity contribution in [3.8, 4) is 11.4 Å². The molecule has 110 valence electrons. The van der Waals surface area contributed by atoms with E-state index in [0.29, 0.717) is 21.8 Å². The number of carbonyl (C=O) groups excluding carboxylic acids is 2. The molecule has 0 spiro atoms. The highest BCUT2D eigenvalue weighted by Crippen LogP contribution is 2.15. The summed E-state index contributed by atoms with van der Waals surface area (Å²) in [4.78, 5) is 24.9. The summed E-state index contributed by atoms with van der Waals surface area (Å²) in [6, 6.07) is 10.1. The van der Waals surface area contributed by atoms with Crippen LogP contribution in [0.2, 0.25) is 0 Å². The molecule has 0 radical (unpaired) electrons. The van der Waals surface area contributed by atoms with E-state index in [4.69, 9.17) is 5.73 Å². The molecule has 8 heteroatoms. The maximum atomic E-state index is 12.0. The van der Waals surface area contributed by atoms with Gasteiger partial charge in [-0.25, -0.2) is 0 Å². The number of thiophene rings is 1. The van der Waals surface area contributed by atoms with Gasteiger partial charge >= 0.3 is 0 Å². The Morgan fingerprint density at radius 1 is 1.18 bits per heavy atom. The SMILES string of the molecule is NC(=O)c1ccc(-c2nnn(CC(=O)c3cccs3)n2)cc1. The lowest BCUT2D eigenvalue weighted by atomic mass is 10.1. The zero-order chi connectivity index (χ0) is 15.5. The van der Waals surface area contributed by atoms with Crippen molar-refractivity contribution in [1.29, 1.82) is 0 Å². The fourth-order valence-electron chi connectivity index (χ4n) is 1.85. The predicted octanol–water partition coefficient (Wildman–Crippen LogP) is 1.38. The molecule has 2 heterocycles. The average Bonchev–Trinajstić information content (AvgIpc) is 3.19. The van der Waals surface area contributed by atoms with Gasteiger partial charge in [0.1, 0.15) is 6.54 Å². The van der Waals surface area contributed by atoms with Crippen LogP contribution in [0.4, 0.5) is 0 Å². The molecule has 0 aliphatic heterocycles. The summed E-state index contributed by atoms with van der Waals surface area (Å²) in [5.41, 5.74) is 6.29. The minimum Gasteiger partial charge on any atom is -0.366 e. The molecule has 22 heavy (non-hydrogen) atoms. The number of benzene rings is 1. The number of rotatable bonds is 5. The number of primary amides is 1. The number of hydrogen-bond acceptors (Lipinski definition) is 6. The summed E-state index contributed by atoms with van der Waals surface area (Å²) >= 11 is 1.38. The van der Waals surface area contributed by atoms with Gasteiger partial charge in [0, 0.05) is 11.1 Å². The van der Waals surface area contributed by atoms with Gasteiger partial charge in [-0.1, -0.05) is 18.2 Å². The summed E-state index contributed by atoms with van der Waals surface area (Å²) < 4.78 is 0. The molecular weight excluding hydrogens is 302 g/mol. The van der Waals surface area contributed by atoms with E-state index in [1.54, 1.807) is 30.3 Å². The first-order valence-electron chi connectivity index (χ1n) is 6.38. The van der Waals surface area contributed by atoms with Crippen molar-refractivity contribution in [2.75, 3.05) is 0 Å². The Bertz CT molecular complexity index is 808. The molecule has 0 atom stereocenters. The normalized spacial score (nSPS) is 10.5. The van der Waals surface area contributed by atoms with Crippen LogP contribution in [0.1, 0.15) is 20.0 Å². The van der Waals surface area contributed by atoms with Crippen molar-refractivity contribution in [2.24, 2.45) is 5.73 Å². The minimum absolute atomic E-state index is 0.0346. The van der Waals surface area contributed by atoms with Gasteiger partial charge in [-0.2, -0.15) is 4.80 Å². The van der Waals surface area contributed by atoms with E-state index < -0.39 is 5.91 Å². The van der Waals surface area contributed by atoms with Crippen LogP contribution in [-0.4, -0.2) is 31.9 Å². The molecule has 0 fully saturated rings. The number of nitrogens with zero attached hydrogens (tertiary/aromatic N) is 4. The molecule has 1 aromatic carbocycles. The number of tetrazole rings is 1. The lowest BCUT2D eigenvalue weighted by molar-refractivity contribution is 0.0963. The minimum atomic E-state index is -0.496. The van der Waals surface area contributed by atoms with Crippen LogP contribution in [-0.2, 0) is 6.54 Å². The topological polar surface area (TPSA) is 104 Å². The van der Waals surface area contributed by atoms with Crippen molar-refractivity contribution < 1.29 is 9.59 Å². The first-order chi connectivity index (χ1) is 10.6. The Morgan fingerprint density at radius 3 is 2.59 bits per heavy atom. The smallest absolute Gasteiger partial charge is 0.248 e. The Morgan fingerprint density at radius 2 is 1.95 bits per heavy atom. The third kappa shape index (κ3) is 2.91. The summed E-state index contributed by atoms with van der Waals surface area (Å²) in [6.07, 6.45) is 0. The van der Waals surface area contributed by atoms with Crippen LogP contribution < -0.4 is 5.73 Å². The Balaban J connectivity index is 1.76. The van der Waals surface area contributed by atoms with Gasteiger partial charge in [0.15, 0.2) is 5.78 Å². The van der Waals surface area contributed by atoms with E-state index in [0.717, 1.165) is 0 Å². The maximum absolute atomic E-state index is 12.0. The summed E-state index contributed by atoms with van der Waals surface area (Å²) in [5, 5.41) is 13.8. The zero-order valence-corrected chi connectivity index (χ0v) is 12.2. The molecule has 0 aliphatic rings. The molecule has 7 nitrogen and oxygen atoms in total. The first kappa shape index (κ1) is 14.1. The van der Waals surface area contributed by atoms with Gasteiger partial charge in [0.05, 0.1) is 4.88 Å². The molecule has 3 rings (SSSR count). The summed E-state index contributed by atoms with van der Waals surface area (Å²) in [5.74, 6) is -0.178. The fraction of sp³-hybridized carbons (Fsp3) is 0.0714. The van der Waals surface area contributed by atoms with Crippen molar-refractivity contribution in [2.45, 2.75) is 6.54 Å². The van der Waals surface area contributed by atoms with Crippen LogP contribution in [0, 0.1) is 0 Å². The monoisotopic (exact) mass is 313 g/mol. The second-order valence-electron chi connectivity index (χ2n) is 4.49. The van der Waals surface area contributed by atoms with Crippen LogP contribution in [0.15, 0.2) is 41.8 Å². The second kappa shape index (κ2) is 5.86. The third-order valence-corrected chi connectivity index (χ3v) is 3.87.